The molecule has 2 fully saturated rings. The first kappa shape index (κ1) is 14.6. The molecule has 0 aromatic carbocycles. The van der Waals surface area contributed by atoms with Gasteiger partial charge in [-0.3, -0.25) is 0 Å². The molecule has 0 aromatic heterocycles. The van der Waals surface area contributed by atoms with Crippen LogP contribution in [-0.2, 0) is 0 Å². The van der Waals surface area contributed by atoms with Gasteiger partial charge in [0.05, 0.1) is 5.54 Å². The minimum absolute atomic E-state index is 0.000694. The quantitative estimate of drug-likeness (QED) is 0.688. The normalized spacial score (nSPS) is 24.5. The van der Waals surface area contributed by atoms with Crippen LogP contribution >= 0.6 is 0 Å². The summed E-state index contributed by atoms with van der Waals surface area (Å²) in [4.78, 5) is 12.2. The largest absolute Gasteiger partial charge is 0.335 e. The third-order valence-electron chi connectivity index (χ3n) is 4.77. The molecule has 0 atom stereocenters. The minimum atomic E-state index is -0.157. The number of amides is 2. The van der Waals surface area contributed by atoms with E-state index >= 15 is 0 Å². The van der Waals surface area contributed by atoms with E-state index in [0.717, 1.165) is 25.7 Å². The molecule has 0 heterocycles. The fourth-order valence-electron chi connectivity index (χ4n) is 3.49. The zero-order valence-corrected chi connectivity index (χ0v) is 12.0. The molecule has 2 saturated carbocycles. The lowest BCUT2D eigenvalue weighted by Crippen LogP contribution is -2.57. The monoisotopic (exact) mass is 267 g/mol. The summed E-state index contributed by atoms with van der Waals surface area (Å²) < 4.78 is 0. The Labute approximate surface area is 116 Å². The Bertz CT molecular complexity index is 279. The predicted molar refractivity (Wildman–Crippen MR) is 78.0 cm³/mol. The number of nitrogens with one attached hydrogen (secondary N) is 2. The Morgan fingerprint density at radius 1 is 1.00 bits per heavy atom. The average Bonchev–Trinajstić information content (AvgIpc) is 2.66. The third kappa shape index (κ3) is 4.37. The number of nitrogens with two attached hydrogens (primary N) is 1. The number of urea groups is 1. The van der Waals surface area contributed by atoms with Crippen molar-refractivity contribution in [2.45, 2.75) is 82.2 Å². The summed E-state index contributed by atoms with van der Waals surface area (Å²) in [7, 11) is 0. The molecule has 0 spiro atoms. The van der Waals surface area contributed by atoms with Gasteiger partial charge in [0.2, 0.25) is 0 Å². The average molecular weight is 267 g/mol. The summed E-state index contributed by atoms with van der Waals surface area (Å²) in [5.74, 6) is 0. The van der Waals surface area contributed by atoms with Crippen molar-refractivity contribution in [2.75, 3.05) is 6.54 Å². The molecule has 4 heteroatoms. The van der Waals surface area contributed by atoms with Gasteiger partial charge in [0.25, 0.3) is 0 Å². The van der Waals surface area contributed by atoms with E-state index in [0.29, 0.717) is 12.6 Å². The highest BCUT2D eigenvalue weighted by atomic mass is 16.2. The predicted octanol–water partition coefficient (Wildman–Crippen LogP) is 2.67. The van der Waals surface area contributed by atoms with Crippen molar-refractivity contribution in [2.24, 2.45) is 5.73 Å². The molecular weight excluding hydrogens is 238 g/mol. The Kier molecular flexibility index (Phi) is 5.49. The van der Waals surface area contributed by atoms with Crippen LogP contribution in [0.15, 0.2) is 0 Å². The maximum Gasteiger partial charge on any atom is 0.315 e. The van der Waals surface area contributed by atoms with Gasteiger partial charge in [-0.25, -0.2) is 4.79 Å². The van der Waals surface area contributed by atoms with Gasteiger partial charge in [-0.1, -0.05) is 44.9 Å². The second-order valence-corrected chi connectivity index (χ2v) is 6.33. The Balaban J connectivity index is 1.84. The molecule has 0 radical (unpaired) electrons. The van der Waals surface area contributed by atoms with Crippen molar-refractivity contribution in [1.29, 1.82) is 0 Å². The van der Waals surface area contributed by atoms with E-state index < -0.39 is 0 Å². The second kappa shape index (κ2) is 7.13. The van der Waals surface area contributed by atoms with E-state index in [9.17, 15) is 4.79 Å². The van der Waals surface area contributed by atoms with Crippen molar-refractivity contribution in [1.82, 2.24) is 10.6 Å². The van der Waals surface area contributed by atoms with Gasteiger partial charge < -0.3 is 16.4 Å². The molecule has 0 unspecified atom stereocenters. The zero-order valence-electron chi connectivity index (χ0n) is 12.0. The summed E-state index contributed by atoms with van der Waals surface area (Å²) in [6.07, 6.45) is 13.0. The van der Waals surface area contributed by atoms with Gasteiger partial charge in [-0.05, 0) is 25.7 Å². The Hall–Kier alpha value is -0.770. The molecule has 4 nitrogen and oxygen atoms in total. The summed E-state index contributed by atoms with van der Waals surface area (Å²) in [5.41, 5.74) is 5.79. The van der Waals surface area contributed by atoms with Gasteiger partial charge in [-0.2, -0.15) is 0 Å². The van der Waals surface area contributed by atoms with E-state index in [-0.39, 0.29) is 11.6 Å². The van der Waals surface area contributed by atoms with Crippen LogP contribution in [0, 0.1) is 0 Å². The van der Waals surface area contributed by atoms with Crippen LogP contribution in [0.5, 0.6) is 0 Å². The van der Waals surface area contributed by atoms with Crippen LogP contribution in [0.1, 0.15) is 70.6 Å². The first-order valence-electron chi connectivity index (χ1n) is 8.03. The molecule has 2 aliphatic rings. The van der Waals surface area contributed by atoms with Crippen LogP contribution in [0.2, 0.25) is 0 Å². The van der Waals surface area contributed by atoms with E-state index in [1.807, 2.05) is 0 Å². The van der Waals surface area contributed by atoms with Crippen LogP contribution in [0.4, 0.5) is 4.79 Å². The number of carbonyl (C=O) groups is 1. The van der Waals surface area contributed by atoms with E-state index in [2.05, 4.69) is 10.6 Å². The Morgan fingerprint density at radius 2 is 1.58 bits per heavy atom. The molecule has 2 aliphatic carbocycles. The third-order valence-corrected chi connectivity index (χ3v) is 4.77. The van der Waals surface area contributed by atoms with Crippen LogP contribution in [0.25, 0.3) is 0 Å². The number of carbonyl (C=O) groups excluding carboxylic acids is 1. The van der Waals surface area contributed by atoms with Crippen molar-refractivity contribution in [3.8, 4) is 0 Å². The van der Waals surface area contributed by atoms with Gasteiger partial charge in [-0.15, -0.1) is 0 Å². The summed E-state index contributed by atoms with van der Waals surface area (Å²) in [5, 5.41) is 6.33. The first-order chi connectivity index (χ1) is 9.24. The highest BCUT2D eigenvalue weighted by Crippen LogP contribution is 2.26. The lowest BCUT2D eigenvalue weighted by Gasteiger charge is -2.34. The highest BCUT2D eigenvalue weighted by Gasteiger charge is 2.31. The van der Waals surface area contributed by atoms with Crippen LogP contribution < -0.4 is 16.4 Å². The second-order valence-electron chi connectivity index (χ2n) is 6.33. The van der Waals surface area contributed by atoms with Crippen molar-refractivity contribution in [3.63, 3.8) is 0 Å². The molecule has 2 amide bonds. The van der Waals surface area contributed by atoms with Crippen molar-refractivity contribution >= 4 is 6.03 Å². The molecule has 0 bridgehead atoms. The molecule has 0 aromatic rings. The van der Waals surface area contributed by atoms with Gasteiger partial charge in [0.1, 0.15) is 0 Å². The molecule has 0 saturated heterocycles. The fourth-order valence-corrected chi connectivity index (χ4v) is 3.49. The van der Waals surface area contributed by atoms with Crippen molar-refractivity contribution in [3.05, 3.63) is 0 Å². The number of rotatable bonds is 3. The maximum atomic E-state index is 12.2. The molecule has 0 aliphatic heterocycles. The molecule has 4 N–H and O–H groups in total. The van der Waals surface area contributed by atoms with E-state index in [1.165, 1.54) is 44.9 Å². The maximum absolute atomic E-state index is 12.2. The first-order valence-corrected chi connectivity index (χ1v) is 8.03. The summed E-state index contributed by atoms with van der Waals surface area (Å²) in [6, 6.07) is 0.369. The Morgan fingerprint density at radius 3 is 2.16 bits per heavy atom. The van der Waals surface area contributed by atoms with E-state index in [4.69, 9.17) is 5.73 Å². The van der Waals surface area contributed by atoms with Crippen molar-refractivity contribution < 1.29 is 4.79 Å². The number of hydrogen-bond donors (Lipinski definition) is 3. The SMILES string of the molecule is NCC1(NC(=O)NC2CCCCC2)CCCCCC1. The van der Waals surface area contributed by atoms with E-state index in [1.54, 1.807) is 0 Å². The smallest absolute Gasteiger partial charge is 0.315 e. The topological polar surface area (TPSA) is 67.1 Å². The summed E-state index contributed by atoms with van der Waals surface area (Å²) >= 11 is 0. The molecule has 19 heavy (non-hydrogen) atoms. The van der Waals surface area contributed by atoms with Crippen LogP contribution in [-0.4, -0.2) is 24.2 Å². The van der Waals surface area contributed by atoms with Gasteiger partial charge in [0, 0.05) is 12.6 Å². The summed E-state index contributed by atoms with van der Waals surface area (Å²) in [6.45, 7) is 0.561. The standard InChI is InChI=1S/C15H29N3O/c16-12-15(10-6-1-2-7-11-15)18-14(19)17-13-8-4-3-5-9-13/h13H,1-12,16H2,(H2,17,18,19). The molecule has 110 valence electrons. The minimum Gasteiger partial charge on any atom is -0.335 e. The highest BCUT2D eigenvalue weighted by molar-refractivity contribution is 5.75. The number of hydrogen-bond acceptors (Lipinski definition) is 2. The lowest BCUT2D eigenvalue weighted by molar-refractivity contribution is 0.211. The fraction of sp³-hybridized carbons (Fsp3) is 0.933. The van der Waals surface area contributed by atoms with Gasteiger partial charge >= 0.3 is 6.03 Å². The molecular formula is C15H29N3O. The van der Waals surface area contributed by atoms with Crippen LogP contribution in [0.3, 0.4) is 0 Å². The lowest BCUT2D eigenvalue weighted by atomic mass is 9.90. The van der Waals surface area contributed by atoms with Gasteiger partial charge in [0.15, 0.2) is 0 Å². The molecule has 2 rings (SSSR count). The zero-order chi connectivity index (χ0) is 13.6.